The predicted molar refractivity (Wildman–Crippen MR) is 61.9 cm³/mol. The molecule has 1 aromatic heterocycles. The molecule has 1 heterocycles. The van der Waals surface area contributed by atoms with Crippen molar-refractivity contribution in [3.63, 3.8) is 0 Å². The van der Waals surface area contributed by atoms with E-state index in [4.69, 9.17) is 11.5 Å². The summed E-state index contributed by atoms with van der Waals surface area (Å²) in [7, 11) is 0. The van der Waals surface area contributed by atoms with E-state index in [-0.39, 0.29) is 0 Å². The van der Waals surface area contributed by atoms with Crippen molar-refractivity contribution in [2.75, 3.05) is 11.5 Å². The molecule has 2 rings (SSSR count). The lowest BCUT2D eigenvalue weighted by atomic mass is 10.2. The van der Waals surface area contributed by atoms with Crippen LogP contribution in [-0.2, 0) is 0 Å². The van der Waals surface area contributed by atoms with Gasteiger partial charge in [-0.05, 0) is 32.0 Å². The Morgan fingerprint density at radius 1 is 1.13 bits per heavy atom. The molecule has 0 fully saturated rings. The third-order valence-electron chi connectivity index (χ3n) is 2.60. The first-order chi connectivity index (χ1) is 7.09. The lowest BCUT2D eigenvalue weighted by Crippen LogP contribution is -1.99. The van der Waals surface area contributed by atoms with Gasteiger partial charge in [0.1, 0.15) is 0 Å². The summed E-state index contributed by atoms with van der Waals surface area (Å²) in [6, 6.07) is 5.59. The molecule has 4 heteroatoms. The van der Waals surface area contributed by atoms with Gasteiger partial charge in [-0.3, -0.25) is 0 Å². The van der Waals surface area contributed by atoms with E-state index in [0.29, 0.717) is 11.4 Å². The number of benzene rings is 1. The highest BCUT2D eigenvalue weighted by atomic mass is 15.1. The highest BCUT2D eigenvalue weighted by molar-refractivity contribution is 5.66. The van der Waals surface area contributed by atoms with Crippen molar-refractivity contribution >= 4 is 11.4 Å². The lowest BCUT2D eigenvalue weighted by molar-refractivity contribution is 1.00. The van der Waals surface area contributed by atoms with Crippen molar-refractivity contribution in [3.8, 4) is 5.69 Å². The number of rotatable bonds is 1. The fourth-order valence-electron chi connectivity index (χ4n) is 1.47. The van der Waals surface area contributed by atoms with Gasteiger partial charge >= 0.3 is 0 Å². The standard InChI is InChI=1S/C11H14N4/c1-7-8(2)15(6-14-7)9-3-4-10(12)11(13)5-9/h3-6H,12-13H2,1-2H3. The number of anilines is 2. The first-order valence-corrected chi connectivity index (χ1v) is 4.75. The zero-order chi connectivity index (χ0) is 11.0. The molecule has 0 saturated heterocycles. The Morgan fingerprint density at radius 3 is 2.40 bits per heavy atom. The molecule has 0 bridgehead atoms. The summed E-state index contributed by atoms with van der Waals surface area (Å²) in [5.74, 6) is 0. The largest absolute Gasteiger partial charge is 0.397 e. The van der Waals surface area contributed by atoms with Gasteiger partial charge in [-0.2, -0.15) is 0 Å². The molecule has 1 aromatic carbocycles. The van der Waals surface area contributed by atoms with Crippen LogP contribution in [0.25, 0.3) is 5.69 Å². The van der Waals surface area contributed by atoms with E-state index in [1.165, 1.54) is 0 Å². The number of imidazole rings is 1. The smallest absolute Gasteiger partial charge is 0.0997 e. The molecule has 2 aromatic rings. The normalized spacial score (nSPS) is 10.5. The Kier molecular flexibility index (Phi) is 2.11. The number of hydrogen-bond donors (Lipinski definition) is 2. The van der Waals surface area contributed by atoms with Gasteiger partial charge < -0.3 is 16.0 Å². The van der Waals surface area contributed by atoms with E-state index < -0.39 is 0 Å². The lowest BCUT2D eigenvalue weighted by Gasteiger charge is -2.07. The number of aryl methyl sites for hydroxylation is 1. The third kappa shape index (κ3) is 1.54. The summed E-state index contributed by atoms with van der Waals surface area (Å²) < 4.78 is 1.99. The minimum atomic E-state index is 0.596. The van der Waals surface area contributed by atoms with Crippen molar-refractivity contribution < 1.29 is 0 Å². The molecule has 0 atom stereocenters. The molecule has 0 aliphatic carbocycles. The Labute approximate surface area is 88.5 Å². The van der Waals surface area contributed by atoms with Gasteiger partial charge in [0.25, 0.3) is 0 Å². The van der Waals surface area contributed by atoms with E-state index in [1.807, 2.05) is 30.5 Å². The number of nitrogen functional groups attached to an aromatic ring is 2. The Balaban J connectivity index is 2.55. The molecule has 0 unspecified atom stereocenters. The second kappa shape index (κ2) is 3.31. The molecular weight excluding hydrogens is 188 g/mol. The average Bonchev–Trinajstić information content (AvgIpc) is 2.53. The molecule has 4 N–H and O–H groups in total. The minimum Gasteiger partial charge on any atom is -0.397 e. The molecule has 0 radical (unpaired) electrons. The van der Waals surface area contributed by atoms with Crippen LogP contribution in [0.1, 0.15) is 11.4 Å². The molecular formula is C11H14N4. The van der Waals surface area contributed by atoms with E-state index in [9.17, 15) is 0 Å². The fraction of sp³-hybridized carbons (Fsp3) is 0.182. The van der Waals surface area contributed by atoms with Crippen molar-refractivity contribution in [2.24, 2.45) is 0 Å². The van der Waals surface area contributed by atoms with Crippen molar-refractivity contribution in [2.45, 2.75) is 13.8 Å². The van der Waals surface area contributed by atoms with E-state index in [1.54, 1.807) is 12.4 Å². The van der Waals surface area contributed by atoms with Crippen molar-refractivity contribution in [1.82, 2.24) is 9.55 Å². The first-order valence-electron chi connectivity index (χ1n) is 4.75. The molecule has 0 aliphatic rings. The number of hydrogen-bond acceptors (Lipinski definition) is 3. The summed E-state index contributed by atoms with van der Waals surface area (Å²) >= 11 is 0. The van der Waals surface area contributed by atoms with Gasteiger partial charge in [0.15, 0.2) is 0 Å². The van der Waals surface area contributed by atoms with E-state index in [2.05, 4.69) is 4.98 Å². The van der Waals surface area contributed by atoms with Gasteiger partial charge in [0, 0.05) is 11.4 Å². The van der Waals surface area contributed by atoms with Gasteiger partial charge in [-0.25, -0.2) is 4.98 Å². The van der Waals surface area contributed by atoms with E-state index >= 15 is 0 Å². The van der Waals surface area contributed by atoms with E-state index in [0.717, 1.165) is 17.1 Å². The molecule has 4 nitrogen and oxygen atoms in total. The maximum atomic E-state index is 5.76. The van der Waals surface area contributed by atoms with Crippen LogP contribution >= 0.6 is 0 Å². The van der Waals surface area contributed by atoms with Gasteiger partial charge in [0.2, 0.25) is 0 Å². The van der Waals surface area contributed by atoms with Crippen LogP contribution in [0.2, 0.25) is 0 Å². The second-order valence-corrected chi connectivity index (χ2v) is 3.60. The summed E-state index contributed by atoms with van der Waals surface area (Å²) in [5.41, 5.74) is 15.7. The van der Waals surface area contributed by atoms with Crippen LogP contribution in [0.5, 0.6) is 0 Å². The summed E-state index contributed by atoms with van der Waals surface area (Å²) in [6.45, 7) is 4.00. The molecule has 0 spiro atoms. The quantitative estimate of drug-likeness (QED) is 0.691. The SMILES string of the molecule is Cc1ncn(-c2ccc(N)c(N)c2)c1C. The number of nitrogens with two attached hydrogens (primary N) is 2. The Hall–Kier alpha value is -1.97. The topological polar surface area (TPSA) is 69.9 Å². The zero-order valence-electron chi connectivity index (χ0n) is 8.86. The highest BCUT2D eigenvalue weighted by Crippen LogP contribution is 2.20. The van der Waals surface area contributed by atoms with Crippen LogP contribution in [0.3, 0.4) is 0 Å². The average molecular weight is 202 g/mol. The molecule has 0 saturated carbocycles. The van der Waals surface area contributed by atoms with Crippen LogP contribution in [0.15, 0.2) is 24.5 Å². The zero-order valence-corrected chi connectivity index (χ0v) is 8.86. The second-order valence-electron chi connectivity index (χ2n) is 3.60. The van der Waals surface area contributed by atoms with Crippen LogP contribution in [0.4, 0.5) is 11.4 Å². The fourth-order valence-corrected chi connectivity index (χ4v) is 1.47. The van der Waals surface area contributed by atoms with Gasteiger partial charge in [-0.1, -0.05) is 0 Å². The maximum Gasteiger partial charge on any atom is 0.0997 e. The molecule has 15 heavy (non-hydrogen) atoms. The van der Waals surface area contributed by atoms with Crippen molar-refractivity contribution in [1.29, 1.82) is 0 Å². The Bertz CT molecular complexity index is 499. The van der Waals surface area contributed by atoms with Crippen LogP contribution in [0, 0.1) is 13.8 Å². The number of nitrogens with zero attached hydrogens (tertiary/aromatic N) is 2. The summed E-state index contributed by atoms with van der Waals surface area (Å²) in [4.78, 5) is 4.24. The first kappa shape index (κ1) is 9.58. The van der Waals surface area contributed by atoms with Gasteiger partial charge in [-0.15, -0.1) is 0 Å². The molecule has 0 amide bonds. The maximum absolute atomic E-state index is 5.76. The predicted octanol–water partition coefficient (Wildman–Crippen LogP) is 1.65. The molecule has 78 valence electrons. The highest BCUT2D eigenvalue weighted by Gasteiger charge is 2.05. The Morgan fingerprint density at radius 2 is 1.87 bits per heavy atom. The van der Waals surface area contributed by atoms with Crippen molar-refractivity contribution in [3.05, 3.63) is 35.9 Å². The van der Waals surface area contributed by atoms with Gasteiger partial charge in [0.05, 0.1) is 23.4 Å². The molecule has 0 aliphatic heterocycles. The third-order valence-corrected chi connectivity index (χ3v) is 2.60. The monoisotopic (exact) mass is 202 g/mol. The summed E-state index contributed by atoms with van der Waals surface area (Å²) in [5, 5.41) is 0. The summed E-state index contributed by atoms with van der Waals surface area (Å²) in [6.07, 6.45) is 1.79. The number of aromatic nitrogens is 2. The van der Waals surface area contributed by atoms with Crippen LogP contribution in [-0.4, -0.2) is 9.55 Å². The minimum absolute atomic E-state index is 0.596. The van der Waals surface area contributed by atoms with Crippen LogP contribution < -0.4 is 11.5 Å².